The van der Waals surface area contributed by atoms with Crippen molar-refractivity contribution in [1.29, 1.82) is 0 Å². The highest BCUT2D eigenvalue weighted by molar-refractivity contribution is 5.69. The molecule has 0 saturated heterocycles. The van der Waals surface area contributed by atoms with Crippen molar-refractivity contribution in [3.8, 4) is 0 Å². The van der Waals surface area contributed by atoms with Crippen LogP contribution in [0.5, 0.6) is 0 Å². The molecule has 1 unspecified atom stereocenters. The fraction of sp³-hybridized carbons (Fsp3) is 0.571. The number of aliphatic hydroxyl groups is 1. The predicted molar refractivity (Wildman–Crippen MR) is 168 cm³/mol. The lowest BCUT2D eigenvalue weighted by Gasteiger charge is -2.15. The summed E-state index contributed by atoms with van der Waals surface area (Å²) in [6.07, 6.45) is 43.4. The first kappa shape index (κ1) is 36.6. The molecule has 0 aliphatic carbocycles. The lowest BCUT2D eigenvalue weighted by molar-refractivity contribution is -0.154. The Kier molecular flexibility index (Phi) is 29.8. The highest BCUT2D eigenvalue weighted by Crippen LogP contribution is 2.06. The van der Waals surface area contributed by atoms with E-state index in [4.69, 9.17) is 9.47 Å². The van der Waals surface area contributed by atoms with Gasteiger partial charge in [-0.05, 0) is 70.6 Å². The van der Waals surface area contributed by atoms with Crippen molar-refractivity contribution in [2.24, 2.45) is 0 Å². The standard InChI is InChI=1S/C35H56O4/c1-3-5-7-9-11-13-15-17-19-21-23-25-27-29-31-38-33-34(32-36)39-35(37)30-28-26-24-22-20-18-16-14-12-10-8-6-4-2/h5-8,11-14,17-20,24,26,34,36H,3-4,9-10,15-16,21-23,25,27-33H2,1-2H3/b7-5-,8-6-,13-11-,14-12-,19-17-,20-18-,26-24-. The minimum atomic E-state index is -0.586. The summed E-state index contributed by atoms with van der Waals surface area (Å²) in [6.45, 7) is 4.95. The minimum Gasteiger partial charge on any atom is -0.457 e. The molecule has 0 saturated carbocycles. The smallest absolute Gasteiger partial charge is 0.306 e. The van der Waals surface area contributed by atoms with Gasteiger partial charge in [0.05, 0.1) is 13.2 Å². The van der Waals surface area contributed by atoms with E-state index in [-0.39, 0.29) is 19.2 Å². The van der Waals surface area contributed by atoms with Crippen LogP contribution in [0.4, 0.5) is 0 Å². The van der Waals surface area contributed by atoms with Gasteiger partial charge in [-0.2, -0.15) is 0 Å². The number of hydrogen-bond donors (Lipinski definition) is 1. The van der Waals surface area contributed by atoms with Crippen LogP contribution in [0.25, 0.3) is 0 Å². The van der Waals surface area contributed by atoms with Gasteiger partial charge in [-0.3, -0.25) is 4.79 Å². The summed E-state index contributed by atoms with van der Waals surface area (Å²) in [4.78, 5) is 12.0. The molecule has 0 spiro atoms. The number of hydrogen-bond acceptors (Lipinski definition) is 4. The highest BCUT2D eigenvalue weighted by atomic mass is 16.6. The zero-order valence-corrected chi connectivity index (χ0v) is 24.9. The summed E-state index contributed by atoms with van der Waals surface area (Å²) in [6, 6.07) is 0. The van der Waals surface area contributed by atoms with E-state index in [9.17, 15) is 9.90 Å². The molecular weight excluding hydrogens is 484 g/mol. The molecular formula is C35H56O4. The fourth-order valence-electron chi connectivity index (χ4n) is 3.53. The van der Waals surface area contributed by atoms with Crippen LogP contribution >= 0.6 is 0 Å². The van der Waals surface area contributed by atoms with E-state index in [1.807, 2.05) is 6.08 Å². The molecule has 1 atom stereocenters. The molecule has 0 radical (unpaired) electrons. The van der Waals surface area contributed by atoms with Crippen LogP contribution in [0.15, 0.2) is 85.1 Å². The quantitative estimate of drug-likeness (QED) is 0.0674. The monoisotopic (exact) mass is 540 g/mol. The summed E-state index contributed by atoms with van der Waals surface area (Å²) in [5.74, 6) is -0.294. The van der Waals surface area contributed by atoms with E-state index in [1.54, 1.807) is 0 Å². The lowest BCUT2D eigenvalue weighted by atomic mass is 10.1. The fourth-order valence-corrected chi connectivity index (χ4v) is 3.53. The third-order valence-corrected chi connectivity index (χ3v) is 5.73. The average molecular weight is 541 g/mol. The largest absolute Gasteiger partial charge is 0.457 e. The average Bonchev–Trinajstić information content (AvgIpc) is 2.94. The van der Waals surface area contributed by atoms with Crippen LogP contribution in [0.1, 0.15) is 104 Å². The molecule has 0 aromatic heterocycles. The second-order valence-corrected chi connectivity index (χ2v) is 9.41. The molecule has 0 aromatic carbocycles. The van der Waals surface area contributed by atoms with Crippen molar-refractivity contribution < 1.29 is 19.4 Å². The molecule has 0 rings (SSSR count). The number of carbonyl (C=O) groups excluding carboxylic acids is 1. The van der Waals surface area contributed by atoms with Crippen LogP contribution in [-0.2, 0) is 14.3 Å². The Balaban J connectivity index is 3.67. The SMILES string of the molecule is CC/C=C\C/C=C\C/C=C\C/C=C\CCC(=O)OC(CO)COCCCCCC/C=C\C/C=C\C/C=C\CC. The van der Waals surface area contributed by atoms with Gasteiger partial charge in [-0.25, -0.2) is 0 Å². The Bertz CT molecular complexity index is 740. The third-order valence-electron chi connectivity index (χ3n) is 5.73. The van der Waals surface area contributed by atoms with Crippen molar-refractivity contribution in [1.82, 2.24) is 0 Å². The summed E-state index contributed by atoms with van der Waals surface area (Å²) in [5.41, 5.74) is 0. The maximum absolute atomic E-state index is 12.0. The van der Waals surface area contributed by atoms with Crippen LogP contribution in [0, 0.1) is 0 Å². The summed E-state index contributed by atoms with van der Waals surface area (Å²) in [7, 11) is 0. The van der Waals surface area contributed by atoms with E-state index < -0.39 is 6.10 Å². The van der Waals surface area contributed by atoms with Gasteiger partial charge in [0, 0.05) is 13.0 Å². The Hall–Kier alpha value is -2.43. The first-order valence-electron chi connectivity index (χ1n) is 15.2. The van der Waals surface area contributed by atoms with Gasteiger partial charge < -0.3 is 14.6 Å². The predicted octanol–water partition coefficient (Wildman–Crippen LogP) is 9.30. The first-order chi connectivity index (χ1) is 19.2. The topological polar surface area (TPSA) is 55.8 Å². The molecule has 1 N–H and O–H groups in total. The van der Waals surface area contributed by atoms with Crippen molar-refractivity contribution >= 4 is 5.97 Å². The zero-order chi connectivity index (χ0) is 28.5. The Labute approximate surface area is 240 Å². The molecule has 0 aliphatic heterocycles. The number of ether oxygens (including phenoxy) is 2. The number of aliphatic hydroxyl groups excluding tert-OH is 1. The summed E-state index contributed by atoms with van der Waals surface area (Å²) < 4.78 is 11.0. The van der Waals surface area contributed by atoms with E-state index in [0.29, 0.717) is 19.4 Å². The van der Waals surface area contributed by atoms with Gasteiger partial charge >= 0.3 is 5.97 Å². The molecule has 0 bridgehead atoms. The molecule has 220 valence electrons. The third kappa shape index (κ3) is 30.0. The Morgan fingerprint density at radius 1 is 0.615 bits per heavy atom. The van der Waals surface area contributed by atoms with Gasteiger partial charge in [-0.1, -0.05) is 112 Å². The molecule has 0 heterocycles. The van der Waals surface area contributed by atoms with Crippen LogP contribution in [-0.4, -0.2) is 37.0 Å². The molecule has 0 aromatic rings. The second kappa shape index (κ2) is 31.8. The molecule has 0 aliphatic rings. The van der Waals surface area contributed by atoms with E-state index in [2.05, 4.69) is 92.8 Å². The Morgan fingerprint density at radius 3 is 1.59 bits per heavy atom. The molecule has 0 amide bonds. The first-order valence-corrected chi connectivity index (χ1v) is 15.2. The highest BCUT2D eigenvalue weighted by Gasteiger charge is 2.13. The minimum absolute atomic E-state index is 0.216. The molecule has 4 heteroatoms. The van der Waals surface area contributed by atoms with Crippen LogP contribution < -0.4 is 0 Å². The van der Waals surface area contributed by atoms with E-state index >= 15 is 0 Å². The van der Waals surface area contributed by atoms with Gasteiger partial charge in [0.2, 0.25) is 0 Å². The number of esters is 1. The summed E-state index contributed by atoms with van der Waals surface area (Å²) >= 11 is 0. The number of unbranched alkanes of at least 4 members (excludes halogenated alkanes) is 4. The van der Waals surface area contributed by atoms with Crippen molar-refractivity contribution in [3.05, 3.63) is 85.1 Å². The van der Waals surface area contributed by atoms with Crippen LogP contribution in [0.2, 0.25) is 0 Å². The maximum atomic E-state index is 12.0. The lowest BCUT2D eigenvalue weighted by Crippen LogP contribution is -2.27. The van der Waals surface area contributed by atoms with Gasteiger partial charge in [-0.15, -0.1) is 0 Å². The molecule has 0 fully saturated rings. The van der Waals surface area contributed by atoms with Gasteiger partial charge in [0.1, 0.15) is 6.10 Å². The Morgan fingerprint density at radius 2 is 1.08 bits per heavy atom. The van der Waals surface area contributed by atoms with Crippen molar-refractivity contribution in [2.75, 3.05) is 19.8 Å². The van der Waals surface area contributed by atoms with Crippen molar-refractivity contribution in [2.45, 2.75) is 110 Å². The van der Waals surface area contributed by atoms with E-state index in [1.165, 1.54) is 12.8 Å². The normalized spacial score (nSPS) is 13.6. The van der Waals surface area contributed by atoms with Gasteiger partial charge in [0.15, 0.2) is 0 Å². The summed E-state index contributed by atoms with van der Waals surface area (Å²) in [5, 5.41) is 9.48. The number of allylic oxidation sites excluding steroid dienone is 14. The number of carbonyl (C=O) groups is 1. The zero-order valence-electron chi connectivity index (χ0n) is 24.9. The van der Waals surface area contributed by atoms with Gasteiger partial charge in [0.25, 0.3) is 0 Å². The van der Waals surface area contributed by atoms with Crippen molar-refractivity contribution in [3.63, 3.8) is 0 Å². The maximum Gasteiger partial charge on any atom is 0.306 e. The van der Waals surface area contributed by atoms with Crippen LogP contribution in [0.3, 0.4) is 0 Å². The number of rotatable bonds is 26. The molecule has 4 nitrogen and oxygen atoms in total. The van der Waals surface area contributed by atoms with E-state index in [0.717, 1.165) is 64.2 Å². The second-order valence-electron chi connectivity index (χ2n) is 9.41. The molecule has 39 heavy (non-hydrogen) atoms.